The molecule has 0 aromatic heterocycles. The molecule has 1 aliphatic heterocycles. The van der Waals surface area contributed by atoms with Gasteiger partial charge in [-0.3, -0.25) is 4.90 Å². The van der Waals surface area contributed by atoms with Gasteiger partial charge in [0.2, 0.25) is 0 Å². The number of nitrogens with zero attached hydrogens (tertiary/aromatic N) is 2. The third kappa shape index (κ3) is 4.54. The molecule has 0 saturated carbocycles. The number of rotatable bonds is 4. The zero-order valence-corrected chi connectivity index (χ0v) is 11.4. The Kier molecular flexibility index (Phi) is 5.18. The number of likely N-dealkylation sites (N-methyl/N-ethyl adjacent to an activating group) is 1. The Morgan fingerprint density at radius 2 is 2.00 bits per heavy atom. The standard InChI is InChI=1S/C14H22N4O/c1-17(11-12-18-9-7-15-8-10-18)14(19)16-13-5-3-2-4-6-13/h2-6,15H,7-12H2,1H3,(H,16,19). The molecule has 1 aromatic carbocycles. The molecule has 0 radical (unpaired) electrons. The number of hydrogen-bond acceptors (Lipinski definition) is 3. The van der Waals surface area contributed by atoms with E-state index in [1.807, 2.05) is 37.4 Å². The minimum atomic E-state index is -0.0543. The van der Waals surface area contributed by atoms with E-state index in [2.05, 4.69) is 15.5 Å². The number of carbonyl (C=O) groups is 1. The lowest BCUT2D eigenvalue weighted by molar-refractivity contribution is 0.197. The smallest absolute Gasteiger partial charge is 0.321 e. The first-order valence-electron chi connectivity index (χ1n) is 6.76. The SMILES string of the molecule is CN(CCN1CCNCC1)C(=O)Nc1ccccc1. The van der Waals surface area contributed by atoms with Crippen LogP contribution in [0.5, 0.6) is 0 Å². The Hall–Kier alpha value is -1.59. The summed E-state index contributed by atoms with van der Waals surface area (Å²) in [5.41, 5.74) is 0.835. The van der Waals surface area contributed by atoms with E-state index in [0.717, 1.165) is 45.0 Å². The molecule has 1 heterocycles. The van der Waals surface area contributed by atoms with Gasteiger partial charge in [-0.15, -0.1) is 0 Å². The zero-order chi connectivity index (χ0) is 13.5. The molecule has 0 unspecified atom stereocenters. The Balaban J connectivity index is 1.73. The summed E-state index contributed by atoms with van der Waals surface area (Å²) in [6, 6.07) is 9.49. The van der Waals surface area contributed by atoms with Gasteiger partial charge in [0, 0.05) is 52.0 Å². The normalized spacial score (nSPS) is 16.1. The monoisotopic (exact) mass is 262 g/mol. The number of hydrogen-bond donors (Lipinski definition) is 2. The fraction of sp³-hybridized carbons (Fsp3) is 0.500. The van der Waals surface area contributed by atoms with Crippen molar-refractivity contribution >= 4 is 11.7 Å². The number of piperazine rings is 1. The fourth-order valence-electron chi connectivity index (χ4n) is 2.07. The van der Waals surface area contributed by atoms with Gasteiger partial charge in [-0.1, -0.05) is 18.2 Å². The van der Waals surface area contributed by atoms with Gasteiger partial charge >= 0.3 is 6.03 Å². The van der Waals surface area contributed by atoms with Crippen molar-refractivity contribution in [3.63, 3.8) is 0 Å². The van der Waals surface area contributed by atoms with Gasteiger partial charge in [-0.2, -0.15) is 0 Å². The second-order valence-corrected chi connectivity index (χ2v) is 4.81. The first-order chi connectivity index (χ1) is 9.25. The van der Waals surface area contributed by atoms with Crippen molar-refractivity contribution in [1.82, 2.24) is 15.1 Å². The van der Waals surface area contributed by atoms with E-state index in [1.54, 1.807) is 4.90 Å². The predicted molar refractivity (Wildman–Crippen MR) is 77.4 cm³/mol. The summed E-state index contributed by atoms with van der Waals surface area (Å²) in [5.74, 6) is 0. The Morgan fingerprint density at radius 1 is 1.32 bits per heavy atom. The lowest BCUT2D eigenvalue weighted by atomic mass is 10.3. The summed E-state index contributed by atoms with van der Waals surface area (Å²) in [6.07, 6.45) is 0. The summed E-state index contributed by atoms with van der Waals surface area (Å²) in [5, 5.41) is 6.21. The highest BCUT2D eigenvalue weighted by atomic mass is 16.2. The summed E-state index contributed by atoms with van der Waals surface area (Å²) < 4.78 is 0. The number of para-hydroxylation sites is 1. The summed E-state index contributed by atoms with van der Waals surface area (Å²) in [7, 11) is 1.83. The third-order valence-electron chi connectivity index (χ3n) is 3.33. The molecule has 0 bridgehead atoms. The van der Waals surface area contributed by atoms with Crippen molar-refractivity contribution in [2.24, 2.45) is 0 Å². The molecule has 0 atom stereocenters. The van der Waals surface area contributed by atoms with Gasteiger partial charge < -0.3 is 15.5 Å². The van der Waals surface area contributed by atoms with Crippen LogP contribution in [0.3, 0.4) is 0 Å². The van der Waals surface area contributed by atoms with Gasteiger partial charge in [0.05, 0.1) is 0 Å². The fourth-order valence-corrected chi connectivity index (χ4v) is 2.07. The number of anilines is 1. The van der Waals surface area contributed by atoms with Crippen LogP contribution in [-0.4, -0.2) is 62.1 Å². The second kappa shape index (κ2) is 7.11. The highest BCUT2D eigenvalue weighted by Crippen LogP contribution is 2.06. The maximum atomic E-state index is 12.0. The van der Waals surface area contributed by atoms with Gasteiger partial charge in [0.25, 0.3) is 0 Å². The zero-order valence-electron chi connectivity index (χ0n) is 11.4. The summed E-state index contributed by atoms with van der Waals surface area (Å²) in [4.78, 5) is 16.1. The van der Waals surface area contributed by atoms with E-state index in [4.69, 9.17) is 0 Å². The van der Waals surface area contributed by atoms with Crippen molar-refractivity contribution in [1.29, 1.82) is 0 Å². The van der Waals surface area contributed by atoms with Crippen molar-refractivity contribution in [2.45, 2.75) is 0 Å². The molecule has 5 nitrogen and oxygen atoms in total. The van der Waals surface area contributed by atoms with Crippen molar-refractivity contribution in [2.75, 3.05) is 51.6 Å². The van der Waals surface area contributed by atoms with E-state index >= 15 is 0 Å². The van der Waals surface area contributed by atoms with Crippen LogP contribution >= 0.6 is 0 Å². The van der Waals surface area contributed by atoms with Crippen molar-refractivity contribution in [3.05, 3.63) is 30.3 Å². The molecule has 104 valence electrons. The Morgan fingerprint density at radius 3 is 2.68 bits per heavy atom. The Labute approximate surface area is 114 Å². The van der Waals surface area contributed by atoms with Crippen molar-refractivity contribution < 1.29 is 4.79 Å². The molecule has 1 saturated heterocycles. The van der Waals surface area contributed by atoms with E-state index in [0.29, 0.717) is 0 Å². The van der Waals surface area contributed by atoms with Gasteiger partial charge in [0.15, 0.2) is 0 Å². The van der Waals surface area contributed by atoms with Crippen LogP contribution in [0.25, 0.3) is 0 Å². The number of benzene rings is 1. The summed E-state index contributed by atoms with van der Waals surface area (Å²) >= 11 is 0. The van der Waals surface area contributed by atoms with E-state index in [1.165, 1.54) is 0 Å². The van der Waals surface area contributed by atoms with Crippen LogP contribution in [0, 0.1) is 0 Å². The molecule has 0 aliphatic carbocycles. The van der Waals surface area contributed by atoms with E-state index in [-0.39, 0.29) is 6.03 Å². The molecular formula is C14H22N4O. The maximum Gasteiger partial charge on any atom is 0.321 e. The molecule has 2 amide bonds. The number of nitrogens with one attached hydrogen (secondary N) is 2. The average Bonchev–Trinajstić information content (AvgIpc) is 2.47. The van der Waals surface area contributed by atoms with Gasteiger partial charge in [-0.05, 0) is 12.1 Å². The minimum Gasteiger partial charge on any atom is -0.326 e. The second-order valence-electron chi connectivity index (χ2n) is 4.81. The molecule has 2 N–H and O–H groups in total. The molecular weight excluding hydrogens is 240 g/mol. The predicted octanol–water partition coefficient (Wildman–Crippen LogP) is 1.06. The topological polar surface area (TPSA) is 47.6 Å². The molecule has 19 heavy (non-hydrogen) atoms. The van der Waals surface area contributed by atoms with Crippen LogP contribution in [0.4, 0.5) is 10.5 Å². The lowest BCUT2D eigenvalue weighted by Crippen LogP contribution is -2.46. The third-order valence-corrected chi connectivity index (χ3v) is 3.33. The highest BCUT2D eigenvalue weighted by Gasteiger charge is 2.12. The summed E-state index contributed by atoms with van der Waals surface area (Å²) in [6.45, 7) is 5.89. The molecule has 1 aliphatic rings. The molecule has 2 rings (SSSR count). The van der Waals surface area contributed by atoms with Crippen LogP contribution < -0.4 is 10.6 Å². The molecule has 1 fully saturated rings. The van der Waals surface area contributed by atoms with Crippen LogP contribution in [0.1, 0.15) is 0 Å². The minimum absolute atomic E-state index is 0.0543. The van der Waals surface area contributed by atoms with Crippen LogP contribution in [-0.2, 0) is 0 Å². The van der Waals surface area contributed by atoms with Crippen LogP contribution in [0.15, 0.2) is 30.3 Å². The first kappa shape index (κ1) is 13.8. The maximum absolute atomic E-state index is 12.0. The van der Waals surface area contributed by atoms with E-state index in [9.17, 15) is 4.79 Å². The van der Waals surface area contributed by atoms with Crippen LogP contribution in [0.2, 0.25) is 0 Å². The number of urea groups is 1. The van der Waals surface area contributed by atoms with Gasteiger partial charge in [0.1, 0.15) is 0 Å². The average molecular weight is 262 g/mol. The number of carbonyl (C=O) groups excluding carboxylic acids is 1. The van der Waals surface area contributed by atoms with E-state index < -0.39 is 0 Å². The van der Waals surface area contributed by atoms with Gasteiger partial charge in [-0.25, -0.2) is 4.79 Å². The largest absolute Gasteiger partial charge is 0.326 e. The quantitative estimate of drug-likeness (QED) is 0.853. The molecule has 5 heteroatoms. The Bertz CT molecular complexity index is 390. The number of amides is 2. The lowest BCUT2D eigenvalue weighted by Gasteiger charge is -2.29. The molecule has 0 spiro atoms. The molecule has 1 aromatic rings. The first-order valence-corrected chi connectivity index (χ1v) is 6.76. The highest BCUT2D eigenvalue weighted by molar-refractivity contribution is 5.89. The van der Waals surface area contributed by atoms with Crippen molar-refractivity contribution in [3.8, 4) is 0 Å².